The SMILES string of the molecule is C/C=C/CCC1CCC(C(F)=C(F)c2ccc3cc(CCC)ccc3c2F)CC1. The summed E-state index contributed by atoms with van der Waals surface area (Å²) in [4.78, 5) is 0. The molecule has 2 aromatic rings. The first-order valence-electron chi connectivity index (χ1n) is 10.9. The van der Waals surface area contributed by atoms with Crippen LogP contribution in [-0.2, 0) is 6.42 Å². The lowest BCUT2D eigenvalue weighted by atomic mass is 9.79. The number of hydrogen-bond acceptors (Lipinski definition) is 0. The van der Waals surface area contributed by atoms with Crippen LogP contribution in [0.1, 0.15) is 69.9 Å². The van der Waals surface area contributed by atoms with Gasteiger partial charge in [0.2, 0.25) is 0 Å². The van der Waals surface area contributed by atoms with Crippen molar-refractivity contribution < 1.29 is 13.2 Å². The molecular formula is C26H31F3. The maximum atomic E-state index is 15.0. The molecule has 0 bridgehead atoms. The minimum Gasteiger partial charge on any atom is -0.208 e. The van der Waals surface area contributed by atoms with E-state index in [2.05, 4.69) is 13.0 Å². The van der Waals surface area contributed by atoms with Gasteiger partial charge in [-0.15, -0.1) is 0 Å². The second-order valence-corrected chi connectivity index (χ2v) is 8.26. The molecule has 0 aromatic heterocycles. The molecule has 0 amide bonds. The number of aryl methyl sites for hydroxylation is 1. The maximum absolute atomic E-state index is 15.0. The van der Waals surface area contributed by atoms with Crippen molar-refractivity contribution in [1.82, 2.24) is 0 Å². The van der Waals surface area contributed by atoms with Crippen LogP contribution in [0.4, 0.5) is 13.2 Å². The molecule has 1 aliphatic carbocycles. The lowest BCUT2D eigenvalue weighted by molar-refractivity contribution is 0.263. The van der Waals surface area contributed by atoms with Gasteiger partial charge in [0.1, 0.15) is 11.6 Å². The number of allylic oxidation sites excluding steroid dienone is 3. The van der Waals surface area contributed by atoms with Crippen molar-refractivity contribution in [2.75, 3.05) is 0 Å². The molecule has 3 heteroatoms. The molecule has 1 fully saturated rings. The van der Waals surface area contributed by atoms with Crippen molar-refractivity contribution in [2.45, 2.75) is 65.2 Å². The third-order valence-corrected chi connectivity index (χ3v) is 6.19. The summed E-state index contributed by atoms with van der Waals surface area (Å²) in [7, 11) is 0. The van der Waals surface area contributed by atoms with Crippen LogP contribution >= 0.6 is 0 Å². The standard InChI is InChI=1S/C26H31F3/c1-3-5-6-8-18-9-12-20(13-10-18)24(27)26(29)23-16-14-21-17-19(7-4-2)11-15-22(21)25(23)28/h3,5,11,14-18,20H,4,6-10,12-13H2,1-2H3/b5-3+,26-24?. The van der Waals surface area contributed by atoms with Gasteiger partial charge < -0.3 is 0 Å². The van der Waals surface area contributed by atoms with Crippen molar-refractivity contribution in [3.63, 3.8) is 0 Å². The fraction of sp³-hybridized carbons (Fsp3) is 0.462. The summed E-state index contributed by atoms with van der Waals surface area (Å²) in [5.74, 6) is -2.33. The molecule has 0 N–H and O–H groups in total. The van der Waals surface area contributed by atoms with Gasteiger partial charge in [-0.05, 0) is 74.8 Å². The minimum atomic E-state index is -1.03. The Morgan fingerprint density at radius 3 is 2.52 bits per heavy atom. The summed E-state index contributed by atoms with van der Waals surface area (Å²) in [6.45, 7) is 4.10. The smallest absolute Gasteiger partial charge is 0.165 e. The molecule has 0 spiro atoms. The molecule has 0 nitrogen and oxygen atoms in total. The molecule has 0 atom stereocenters. The molecule has 1 aliphatic rings. The molecule has 2 aromatic carbocycles. The molecule has 3 rings (SSSR count). The zero-order valence-corrected chi connectivity index (χ0v) is 17.5. The van der Waals surface area contributed by atoms with Crippen molar-refractivity contribution in [3.05, 3.63) is 65.3 Å². The van der Waals surface area contributed by atoms with Crippen LogP contribution in [0, 0.1) is 17.7 Å². The fourth-order valence-corrected chi connectivity index (χ4v) is 4.47. The molecule has 1 saturated carbocycles. The fourth-order valence-electron chi connectivity index (χ4n) is 4.47. The Hall–Kier alpha value is -2.03. The third kappa shape index (κ3) is 5.12. The third-order valence-electron chi connectivity index (χ3n) is 6.19. The number of benzene rings is 2. The lowest BCUT2D eigenvalue weighted by Crippen LogP contribution is -2.15. The number of hydrogen-bond donors (Lipinski definition) is 0. The van der Waals surface area contributed by atoms with Crippen LogP contribution in [0.25, 0.3) is 16.6 Å². The van der Waals surface area contributed by atoms with Gasteiger partial charge in [0.15, 0.2) is 5.83 Å². The van der Waals surface area contributed by atoms with Gasteiger partial charge in [-0.2, -0.15) is 0 Å². The van der Waals surface area contributed by atoms with E-state index in [4.69, 9.17) is 0 Å². The zero-order chi connectivity index (χ0) is 20.8. The van der Waals surface area contributed by atoms with Gasteiger partial charge >= 0.3 is 0 Å². The lowest BCUT2D eigenvalue weighted by Gasteiger charge is -2.27. The molecule has 0 heterocycles. The van der Waals surface area contributed by atoms with Crippen LogP contribution in [0.3, 0.4) is 0 Å². The highest BCUT2D eigenvalue weighted by Gasteiger charge is 2.27. The first-order chi connectivity index (χ1) is 14.0. The average Bonchev–Trinajstić information content (AvgIpc) is 2.74. The summed E-state index contributed by atoms with van der Waals surface area (Å²) < 4.78 is 44.7. The largest absolute Gasteiger partial charge is 0.208 e. The summed E-state index contributed by atoms with van der Waals surface area (Å²) >= 11 is 0. The van der Waals surface area contributed by atoms with Gasteiger partial charge in [0.25, 0.3) is 0 Å². The van der Waals surface area contributed by atoms with Crippen LogP contribution in [0.5, 0.6) is 0 Å². The predicted molar refractivity (Wildman–Crippen MR) is 117 cm³/mol. The van der Waals surface area contributed by atoms with E-state index in [0.717, 1.165) is 49.5 Å². The van der Waals surface area contributed by atoms with Gasteiger partial charge in [0, 0.05) is 16.9 Å². The Morgan fingerprint density at radius 2 is 1.83 bits per heavy atom. The van der Waals surface area contributed by atoms with E-state index < -0.39 is 23.4 Å². The van der Waals surface area contributed by atoms with Crippen molar-refractivity contribution in [3.8, 4) is 0 Å². The monoisotopic (exact) mass is 400 g/mol. The second kappa shape index (κ2) is 10.1. The Bertz CT molecular complexity index is 886. The highest BCUT2D eigenvalue weighted by Crippen LogP contribution is 2.40. The van der Waals surface area contributed by atoms with E-state index >= 15 is 0 Å². The maximum Gasteiger partial charge on any atom is 0.165 e. The van der Waals surface area contributed by atoms with Gasteiger partial charge in [-0.1, -0.05) is 49.8 Å². The van der Waals surface area contributed by atoms with Gasteiger partial charge in [-0.3, -0.25) is 0 Å². The van der Waals surface area contributed by atoms with Crippen LogP contribution in [0.15, 0.2) is 48.3 Å². The number of halogens is 3. The first-order valence-corrected chi connectivity index (χ1v) is 10.9. The molecule has 0 unspecified atom stereocenters. The predicted octanol–water partition coefficient (Wildman–Crippen LogP) is 8.70. The van der Waals surface area contributed by atoms with Gasteiger partial charge in [-0.25, -0.2) is 13.2 Å². The van der Waals surface area contributed by atoms with E-state index in [-0.39, 0.29) is 5.56 Å². The molecule has 156 valence electrons. The summed E-state index contributed by atoms with van der Waals surface area (Å²) in [6, 6.07) is 8.55. The van der Waals surface area contributed by atoms with Crippen LogP contribution in [0.2, 0.25) is 0 Å². The van der Waals surface area contributed by atoms with Crippen LogP contribution in [-0.4, -0.2) is 0 Å². The summed E-state index contributed by atoms with van der Waals surface area (Å²) in [5.41, 5.74) is 0.869. The van der Waals surface area contributed by atoms with Crippen molar-refractivity contribution in [2.24, 2.45) is 11.8 Å². The Kier molecular flexibility index (Phi) is 7.57. The zero-order valence-electron chi connectivity index (χ0n) is 17.5. The summed E-state index contributed by atoms with van der Waals surface area (Å²) in [5, 5.41) is 1.07. The van der Waals surface area contributed by atoms with E-state index in [1.807, 2.05) is 25.1 Å². The molecule has 0 saturated heterocycles. The van der Waals surface area contributed by atoms with Crippen molar-refractivity contribution >= 4 is 16.6 Å². The average molecular weight is 401 g/mol. The quantitative estimate of drug-likeness (QED) is 0.408. The highest BCUT2D eigenvalue weighted by molar-refractivity contribution is 5.87. The number of rotatable bonds is 7. The normalized spacial score (nSPS) is 21.0. The highest BCUT2D eigenvalue weighted by atomic mass is 19.2. The molecule has 0 aliphatic heterocycles. The topological polar surface area (TPSA) is 0 Å². The van der Waals surface area contributed by atoms with Crippen molar-refractivity contribution in [1.29, 1.82) is 0 Å². The second-order valence-electron chi connectivity index (χ2n) is 8.26. The number of fused-ring (bicyclic) bond motifs is 1. The van der Waals surface area contributed by atoms with E-state index in [0.29, 0.717) is 24.1 Å². The summed E-state index contributed by atoms with van der Waals surface area (Å²) in [6.07, 6.45) is 11.3. The Morgan fingerprint density at radius 1 is 1.07 bits per heavy atom. The Labute approximate surface area is 172 Å². The van der Waals surface area contributed by atoms with E-state index in [1.165, 1.54) is 6.07 Å². The molecule has 0 radical (unpaired) electrons. The first kappa shape index (κ1) is 21.7. The minimum absolute atomic E-state index is 0.256. The molecule has 29 heavy (non-hydrogen) atoms. The van der Waals surface area contributed by atoms with Crippen LogP contribution < -0.4 is 0 Å². The van der Waals surface area contributed by atoms with E-state index in [1.54, 1.807) is 12.1 Å². The van der Waals surface area contributed by atoms with E-state index in [9.17, 15) is 13.2 Å². The van der Waals surface area contributed by atoms with Gasteiger partial charge in [0.05, 0.1) is 0 Å². The molecular weight excluding hydrogens is 369 g/mol. The Balaban J connectivity index is 1.77.